The molecule has 1 N–H and O–H groups in total. The van der Waals surface area contributed by atoms with Crippen molar-refractivity contribution in [3.8, 4) is 5.75 Å². The van der Waals surface area contributed by atoms with Gasteiger partial charge in [-0.1, -0.05) is 31.5 Å². The number of benzene rings is 1. The van der Waals surface area contributed by atoms with Gasteiger partial charge in [0.25, 0.3) is 0 Å². The lowest BCUT2D eigenvalue weighted by Gasteiger charge is -1.97. The predicted octanol–water partition coefficient (Wildman–Crippen LogP) is 3.13. The zero-order valence-corrected chi connectivity index (χ0v) is 9.98. The Bertz CT molecular complexity index is 270. The number of phenolic OH excluding ortho intramolecular Hbond substituents is 1. The molecule has 0 aliphatic carbocycles. The molecule has 3 nitrogen and oxygen atoms in total. The van der Waals surface area contributed by atoms with Crippen LogP contribution in [0.1, 0.15) is 33.1 Å². The molecule has 0 aliphatic heterocycles. The van der Waals surface area contributed by atoms with E-state index in [0.29, 0.717) is 18.8 Å². The van der Waals surface area contributed by atoms with E-state index in [2.05, 4.69) is 6.92 Å². The van der Waals surface area contributed by atoms with Crippen LogP contribution in [-0.2, 0) is 9.53 Å². The van der Waals surface area contributed by atoms with E-state index in [9.17, 15) is 4.79 Å². The zero-order valence-electron chi connectivity index (χ0n) is 9.98. The minimum absolute atomic E-state index is 0.0700. The van der Waals surface area contributed by atoms with Crippen molar-refractivity contribution in [2.45, 2.75) is 33.1 Å². The first-order valence-corrected chi connectivity index (χ1v) is 5.60. The first-order chi connectivity index (χ1) is 7.70. The fourth-order valence-electron chi connectivity index (χ4n) is 0.982. The molecule has 0 amide bonds. The van der Waals surface area contributed by atoms with E-state index in [0.717, 1.165) is 12.8 Å². The molecule has 0 aliphatic rings. The van der Waals surface area contributed by atoms with Crippen molar-refractivity contribution in [2.24, 2.45) is 0 Å². The molecule has 1 aromatic carbocycles. The number of rotatable bonds is 4. The standard InChI is InChI=1S/C7H14O2.C6H6O/c1-3-5-6-7(8)9-4-2;7-6-4-2-1-3-5-6/h3-6H2,1-2H3;1-5,7H. The molecule has 90 valence electrons. The number of ether oxygens (including phenoxy) is 1. The number of unbranched alkanes of at least 4 members (excludes halogenated alkanes) is 1. The van der Waals surface area contributed by atoms with Gasteiger partial charge in [0.2, 0.25) is 0 Å². The van der Waals surface area contributed by atoms with E-state index in [-0.39, 0.29) is 5.97 Å². The third kappa shape index (κ3) is 9.06. The Kier molecular flexibility index (Phi) is 9.08. The SMILES string of the molecule is CCCCC(=O)OCC.Oc1ccccc1. The van der Waals surface area contributed by atoms with Crippen LogP contribution >= 0.6 is 0 Å². The fourth-order valence-corrected chi connectivity index (χ4v) is 0.982. The van der Waals surface area contributed by atoms with Gasteiger partial charge in [-0.3, -0.25) is 4.79 Å². The fraction of sp³-hybridized carbons (Fsp3) is 0.462. The molecule has 0 saturated heterocycles. The highest BCUT2D eigenvalue weighted by molar-refractivity contribution is 5.69. The van der Waals surface area contributed by atoms with Gasteiger partial charge < -0.3 is 9.84 Å². The molecule has 0 unspecified atom stereocenters. The quantitative estimate of drug-likeness (QED) is 0.799. The van der Waals surface area contributed by atoms with E-state index in [4.69, 9.17) is 9.84 Å². The van der Waals surface area contributed by atoms with Gasteiger partial charge in [-0.15, -0.1) is 0 Å². The summed E-state index contributed by atoms with van der Waals surface area (Å²) < 4.78 is 4.70. The molecule has 0 radical (unpaired) electrons. The summed E-state index contributed by atoms with van der Waals surface area (Å²) in [4.78, 5) is 10.6. The number of phenols is 1. The maximum atomic E-state index is 10.6. The Balaban J connectivity index is 0.000000288. The molecule has 1 aromatic rings. The van der Waals surface area contributed by atoms with E-state index >= 15 is 0 Å². The molecular weight excluding hydrogens is 204 g/mol. The maximum Gasteiger partial charge on any atom is 0.305 e. The number of carbonyl (C=O) groups is 1. The molecule has 0 heterocycles. The van der Waals surface area contributed by atoms with Crippen molar-refractivity contribution in [2.75, 3.05) is 6.61 Å². The van der Waals surface area contributed by atoms with E-state index in [1.54, 1.807) is 24.3 Å². The number of carbonyl (C=O) groups excluding carboxylic acids is 1. The zero-order chi connectivity index (χ0) is 12.2. The molecule has 0 spiro atoms. The van der Waals surface area contributed by atoms with Crippen molar-refractivity contribution in [3.63, 3.8) is 0 Å². The van der Waals surface area contributed by atoms with Crippen molar-refractivity contribution in [1.82, 2.24) is 0 Å². The van der Waals surface area contributed by atoms with E-state index in [1.165, 1.54) is 0 Å². The molecule has 0 atom stereocenters. The predicted molar refractivity (Wildman–Crippen MR) is 64.3 cm³/mol. The second-order valence-corrected chi connectivity index (χ2v) is 3.24. The minimum atomic E-state index is -0.0700. The highest BCUT2D eigenvalue weighted by Gasteiger charge is 1.97. The minimum Gasteiger partial charge on any atom is -0.508 e. The van der Waals surface area contributed by atoms with Crippen LogP contribution < -0.4 is 0 Å². The summed E-state index contributed by atoms with van der Waals surface area (Å²) in [6, 6.07) is 8.71. The van der Waals surface area contributed by atoms with Crippen molar-refractivity contribution in [3.05, 3.63) is 30.3 Å². The van der Waals surface area contributed by atoms with Crippen molar-refractivity contribution in [1.29, 1.82) is 0 Å². The molecule has 0 bridgehead atoms. The van der Waals surface area contributed by atoms with Gasteiger partial charge in [-0.05, 0) is 25.5 Å². The van der Waals surface area contributed by atoms with Crippen LogP contribution in [0.15, 0.2) is 30.3 Å². The Morgan fingerprint density at radius 2 is 1.88 bits per heavy atom. The first kappa shape index (κ1) is 14.5. The van der Waals surface area contributed by atoms with Gasteiger partial charge in [0.1, 0.15) is 5.75 Å². The van der Waals surface area contributed by atoms with Crippen LogP contribution in [0.4, 0.5) is 0 Å². The van der Waals surface area contributed by atoms with Gasteiger partial charge in [-0.2, -0.15) is 0 Å². The molecule has 1 rings (SSSR count). The Morgan fingerprint density at radius 3 is 2.25 bits per heavy atom. The monoisotopic (exact) mass is 224 g/mol. The second kappa shape index (κ2) is 10.0. The average Bonchev–Trinajstić information content (AvgIpc) is 2.29. The van der Waals surface area contributed by atoms with E-state index in [1.807, 2.05) is 13.0 Å². The number of aromatic hydroxyl groups is 1. The second-order valence-electron chi connectivity index (χ2n) is 3.24. The summed E-state index contributed by atoms with van der Waals surface area (Å²) in [7, 11) is 0. The van der Waals surface area contributed by atoms with Crippen molar-refractivity contribution >= 4 is 5.97 Å². The van der Waals surface area contributed by atoms with Crippen LogP contribution in [0.25, 0.3) is 0 Å². The molecule has 0 saturated carbocycles. The molecule has 3 heteroatoms. The highest BCUT2D eigenvalue weighted by Crippen LogP contribution is 2.02. The maximum absolute atomic E-state index is 10.6. The number of hydrogen-bond donors (Lipinski definition) is 1. The third-order valence-electron chi connectivity index (χ3n) is 1.80. The van der Waals surface area contributed by atoms with Crippen LogP contribution in [0.3, 0.4) is 0 Å². The van der Waals surface area contributed by atoms with Gasteiger partial charge in [0.15, 0.2) is 0 Å². The normalized spacial score (nSPS) is 8.88. The Labute approximate surface area is 97.1 Å². The van der Waals surface area contributed by atoms with Crippen LogP contribution in [0.2, 0.25) is 0 Å². The van der Waals surface area contributed by atoms with Crippen LogP contribution in [0.5, 0.6) is 5.75 Å². The average molecular weight is 224 g/mol. The highest BCUT2D eigenvalue weighted by atomic mass is 16.5. The van der Waals surface area contributed by atoms with Gasteiger partial charge in [0, 0.05) is 6.42 Å². The van der Waals surface area contributed by atoms with Crippen LogP contribution in [-0.4, -0.2) is 17.7 Å². The molecular formula is C13H20O3. The van der Waals surface area contributed by atoms with Gasteiger partial charge >= 0.3 is 5.97 Å². The lowest BCUT2D eigenvalue weighted by molar-refractivity contribution is -0.143. The lowest BCUT2D eigenvalue weighted by Crippen LogP contribution is -2.02. The third-order valence-corrected chi connectivity index (χ3v) is 1.80. The van der Waals surface area contributed by atoms with Gasteiger partial charge in [-0.25, -0.2) is 0 Å². The summed E-state index contributed by atoms with van der Waals surface area (Å²) in [6.45, 7) is 4.38. The number of hydrogen-bond acceptors (Lipinski definition) is 3. The smallest absolute Gasteiger partial charge is 0.305 e. The summed E-state index contributed by atoms with van der Waals surface area (Å²) >= 11 is 0. The Hall–Kier alpha value is -1.51. The molecule has 16 heavy (non-hydrogen) atoms. The summed E-state index contributed by atoms with van der Waals surface area (Å²) in [6.07, 6.45) is 2.57. The number of esters is 1. The molecule has 0 aromatic heterocycles. The topological polar surface area (TPSA) is 46.5 Å². The largest absolute Gasteiger partial charge is 0.508 e. The summed E-state index contributed by atoms with van der Waals surface area (Å²) in [5, 5.41) is 8.63. The lowest BCUT2D eigenvalue weighted by atomic mass is 10.3. The van der Waals surface area contributed by atoms with Crippen molar-refractivity contribution < 1.29 is 14.6 Å². The first-order valence-electron chi connectivity index (χ1n) is 5.60. The summed E-state index contributed by atoms with van der Waals surface area (Å²) in [5.74, 6) is 0.252. The van der Waals surface area contributed by atoms with Crippen LogP contribution in [0, 0.1) is 0 Å². The summed E-state index contributed by atoms with van der Waals surface area (Å²) in [5.41, 5.74) is 0. The number of para-hydroxylation sites is 1. The Morgan fingerprint density at radius 1 is 1.25 bits per heavy atom. The molecule has 0 fully saturated rings. The van der Waals surface area contributed by atoms with Gasteiger partial charge in [0.05, 0.1) is 6.61 Å². The van der Waals surface area contributed by atoms with E-state index < -0.39 is 0 Å².